The van der Waals surface area contributed by atoms with E-state index >= 15 is 0 Å². The Morgan fingerprint density at radius 2 is 1.83 bits per heavy atom. The largest absolute Gasteiger partial charge is 0.493 e. The van der Waals surface area contributed by atoms with Gasteiger partial charge in [-0.05, 0) is 55.3 Å². The molecule has 0 bridgehead atoms. The van der Waals surface area contributed by atoms with Crippen molar-refractivity contribution in [3.63, 3.8) is 0 Å². The molecule has 1 aliphatic heterocycles. The van der Waals surface area contributed by atoms with Crippen molar-refractivity contribution < 1.29 is 18.7 Å². The Morgan fingerprint density at radius 1 is 1.00 bits per heavy atom. The van der Waals surface area contributed by atoms with Crippen LogP contribution in [0, 0.1) is 6.92 Å². The van der Waals surface area contributed by atoms with Gasteiger partial charge in [-0.25, -0.2) is 4.98 Å². The molecule has 0 spiro atoms. The van der Waals surface area contributed by atoms with E-state index in [-0.39, 0.29) is 11.2 Å². The fourth-order valence-corrected chi connectivity index (χ4v) is 4.64. The van der Waals surface area contributed by atoms with Crippen molar-refractivity contribution in [1.82, 2.24) is 4.98 Å². The van der Waals surface area contributed by atoms with Crippen LogP contribution in [0.15, 0.2) is 69.9 Å². The molecule has 0 saturated heterocycles. The molecule has 1 unspecified atom stereocenters. The summed E-state index contributed by atoms with van der Waals surface area (Å²) in [6, 6.07) is 17.2. The molecule has 0 aliphatic carbocycles. The lowest BCUT2D eigenvalue weighted by Crippen LogP contribution is -2.30. The summed E-state index contributed by atoms with van der Waals surface area (Å²) in [6.45, 7) is 4.59. The van der Waals surface area contributed by atoms with Crippen molar-refractivity contribution in [3.05, 3.63) is 93.5 Å². The van der Waals surface area contributed by atoms with E-state index < -0.39 is 11.9 Å². The number of amides is 1. The number of benzene rings is 2. The first-order chi connectivity index (χ1) is 17.5. The molecule has 1 aliphatic rings. The molecule has 2 aromatic carbocycles. The number of hydrogen-bond acceptors (Lipinski definition) is 6. The number of nitrogens with zero attached hydrogens (tertiary/aromatic N) is 2. The van der Waals surface area contributed by atoms with Crippen molar-refractivity contribution in [2.45, 2.75) is 39.2 Å². The number of rotatable bonds is 8. The molecule has 0 saturated carbocycles. The van der Waals surface area contributed by atoms with E-state index in [1.165, 1.54) is 4.90 Å². The molecule has 0 radical (unpaired) electrons. The smallest absolute Gasteiger partial charge is 0.296 e. The molecule has 4 aromatic rings. The quantitative estimate of drug-likeness (QED) is 0.293. The van der Waals surface area contributed by atoms with Crippen LogP contribution in [-0.4, -0.2) is 24.6 Å². The molecule has 36 heavy (non-hydrogen) atoms. The number of methoxy groups -OCH3 is 1. The van der Waals surface area contributed by atoms with Crippen molar-refractivity contribution in [1.29, 1.82) is 0 Å². The second-order valence-electron chi connectivity index (χ2n) is 8.85. The van der Waals surface area contributed by atoms with Gasteiger partial charge in [-0.3, -0.25) is 14.5 Å². The fraction of sp³-hybridized carbons (Fsp3) is 0.276. The van der Waals surface area contributed by atoms with E-state index in [4.69, 9.17) is 13.9 Å². The summed E-state index contributed by atoms with van der Waals surface area (Å²) in [5.41, 5.74) is 1.89. The molecule has 7 nitrogen and oxygen atoms in total. The molecule has 184 valence electrons. The summed E-state index contributed by atoms with van der Waals surface area (Å²) in [7, 11) is 1.58. The summed E-state index contributed by atoms with van der Waals surface area (Å²) < 4.78 is 17.6. The summed E-state index contributed by atoms with van der Waals surface area (Å²) in [5, 5.41) is 0.427. The van der Waals surface area contributed by atoms with E-state index in [0.717, 1.165) is 25.0 Å². The SMILES string of the molecule is CCCCCOc1ccc(C2c3c(oc4ccccc4c3=O)C(=O)N2c2cccc(C)n2)cc1OC. The second-order valence-corrected chi connectivity index (χ2v) is 8.85. The van der Waals surface area contributed by atoms with Gasteiger partial charge in [0.05, 0.1) is 30.7 Å². The zero-order valence-corrected chi connectivity index (χ0v) is 20.6. The number of carbonyl (C=O) groups excluding carboxylic acids is 1. The highest BCUT2D eigenvalue weighted by Crippen LogP contribution is 2.42. The Bertz CT molecular complexity index is 1490. The second kappa shape index (κ2) is 9.85. The first-order valence-corrected chi connectivity index (χ1v) is 12.2. The first-order valence-electron chi connectivity index (χ1n) is 12.2. The van der Waals surface area contributed by atoms with Gasteiger partial charge in [0, 0.05) is 5.69 Å². The third-order valence-electron chi connectivity index (χ3n) is 6.41. The molecule has 1 amide bonds. The van der Waals surface area contributed by atoms with E-state index in [1.54, 1.807) is 37.4 Å². The molecular weight excluding hydrogens is 456 g/mol. The minimum Gasteiger partial charge on any atom is -0.493 e. The minimum atomic E-state index is -0.731. The molecule has 5 rings (SSSR count). The lowest BCUT2D eigenvalue weighted by Gasteiger charge is -2.25. The van der Waals surface area contributed by atoms with Gasteiger partial charge in [-0.1, -0.05) is 44.0 Å². The van der Waals surface area contributed by atoms with Crippen LogP contribution in [0.1, 0.15) is 59.6 Å². The highest BCUT2D eigenvalue weighted by Gasteiger charge is 2.44. The van der Waals surface area contributed by atoms with Crippen molar-refractivity contribution in [2.24, 2.45) is 0 Å². The number of aryl methyl sites for hydroxylation is 1. The van der Waals surface area contributed by atoms with Gasteiger partial charge in [0.25, 0.3) is 5.91 Å². The van der Waals surface area contributed by atoms with E-state index in [0.29, 0.717) is 46.0 Å². The normalized spacial score (nSPS) is 14.8. The standard InChI is InChI=1S/C29H28N2O5/c1-4-5-8-16-35-22-15-14-19(17-23(22)34-3)26-25-27(32)20-11-6-7-12-21(20)36-28(25)29(33)31(26)24-13-9-10-18(2)30-24/h6-7,9-15,17,26H,4-5,8,16H2,1-3H3. The van der Waals surface area contributed by atoms with E-state index in [2.05, 4.69) is 11.9 Å². The predicted octanol–water partition coefficient (Wildman–Crippen LogP) is 5.82. The maximum absolute atomic E-state index is 13.7. The number of ether oxygens (including phenoxy) is 2. The number of para-hydroxylation sites is 1. The third kappa shape index (κ3) is 4.11. The number of anilines is 1. The minimum absolute atomic E-state index is 0.0332. The monoisotopic (exact) mass is 484 g/mol. The Kier molecular flexibility index (Phi) is 6.46. The van der Waals surface area contributed by atoms with Crippen LogP contribution in [0.5, 0.6) is 11.5 Å². The lowest BCUT2D eigenvalue weighted by atomic mass is 9.98. The summed E-state index contributed by atoms with van der Waals surface area (Å²) in [4.78, 5) is 33.5. The Labute approximate surface area is 209 Å². The molecule has 0 fully saturated rings. The van der Waals surface area contributed by atoms with E-state index in [1.807, 2.05) is 37.3 Å². The Hall–Kier alpha value is -4.13. The highest BCUT2D eigenvalue weighted by atomic mass is 16.5. The first kappa shape index (κ1) is 23.6. The van der Waals surface area contributed by atoms with Crippen molar-refractivity contribution in [2.75, 3.05) is 18.6 Å². The lowest BCUT2D eigenvalue weighted by molar-refractivity contribution is 0.0970. The van der Waals surface area contributed by atoms with Crippen LogP contribution in [0.3, 0.4) is 0 Å². The van der Waals surface area contributed by atoms with Crippen LogP contribution >= 0.6 is 0 Å². The molecule has 3 heterocycles. The maximum Gasteiger partial charge on any atom is 0.296 e. The van der Waals surface area contributed by atoms with Crippen molar-refractivity contribution >= 4 is 22.7 Å². The maximum atomic E-state index is 13.7. The average Bonchev–Trinajstić information content (AvgIpc) is 3.19. The molecular formula is C29H28N2O5. The fourth-order valence-electron chi connectivity index (χ4n) is 4.64. The van der Waals surface area contributed by atoms with Gasteiger partial charge in [-0.15, -0.1) is 0 Å². The van der Waals surface area contributed by atoms with Gasteiger partial charge in [0.2, 0.25) is 5.76 Å². The topological polar surface area (TPSA) is 81.9 Å². The predicted molar refractivity (Wildman–Crippen MR) is 138 cm³/mol. The van der Waals surface area contributed by atoms with Gasteiger partial charge in [0.15, 0.2) is 16.9 Å². The highest BCUT2D eigenvalue weighted by molar-refractivity contribution is 6.10. The number of pyridine rings is 1. The zero-order chi connectivity index (χ0) is 25.2. The summed E-state index contributed by atoms with van der Waals surface area (Å²) in [5.74, 6) is 1.22. The van der Waals surface area contributed by atoms with Crippen LogP contribution in [0.4, 0.5) is 5.82 Å². The Balaban J connectivity index is 1.66. The van der Waals surface area contributed by atoms with Crippen LogP contribution in [-0.2, 0) is 0 Å². The van der Waals surface area contributed by atoms with E-state index in [9.17, 15) is 9.59 Å². The van der Waals surface area contributed by atoms with Gasteiger partial charge in [0.1, 0.15) is 11.4 Å². The summed E-state index contributed by atoms with van der Waals surface area (Å²) >= 11 is 0. The third-order valence-corrected chi connectivity index (χ3v) is 6.41. The number of carbonyl (C=O) groups is 1. The van der Waals surface area contributed by atoms with Gasteiger partial charge in [-0.2, -0.15) is 0 Å². The summed E-state index contributed by atoms with van der Waals surface area (Å²) in [6.07, 6.45) is 3.14. The molecule has 7 heteroatoms. The number of hydrogen-bond donors (Lipinski definition) is 0. The van der Waals surface area contributed by atoms with Crippen molar-refractivity contribution in [3.8, 4) is 11.5 Å². The van der Waals surface area contributed by atoms with Gasteiger partial charge >= 0.3 is 0 Å². The van der Waals surface area contributed by atoms with Crippen LogP contribution in [0.2, 0.25) is 0 Å². The zero-order valence-electron chi connectivity index (χ0n) is 20.6. The molecule has 0 N–H and O–H groups in total. The number of aromatic nitrogens is 1. The average molecular weight is 485 g/mol. The van der Waals surface area contributed by atoms with Crippen LogP contribution in [0.25, 0.3) is 11.0 Å². The van der Waals surface area contributed by atoms with Gasteiger partial charge < -0.3 is 13.9 Å². The molecule has 2 aromatic heterocycles. The number of unbranched alkanes of at least 4 members (excludes halogenated alkanes) is 2. The number of fused-ring (bicyclic) bond motifs is 2. The molecule has 1 atom stereocenters. The van der Waals surface area contributed by atoms with Crippen LogP contribution < -0.4 is 19.8 Å². The Morgan fingerprint density at radius 3 is 2.61 bits per heavy atom.